The summed E-state index contributed by atoms with van der Waals surface area (Å²) < 4.78 is 32.4. The van der Waals surface area contributed by atoms with Crippen LogP contribution >= 0.6 is 0 Å². The van der Waals surface area contributed by atoms with E-state index in [-0.39, 0.29) is 35.3 Å². The van der Waals surface area contributed by atoms with Crippen molar-refractivity contribution >= 4 is 32.7 Å². The van der Waals surface area contributed by atoms with E-state index in [4.69, 9.17) is 20.4 Å². The summed E-state index contributed by atoms with van der Waals surface area (Å²) >= 11 is 0. The molecule has 1 saturated carbocycles. The van der Waals surface area contributed by atoms with Gasteiger partial charge in [-0.15, -0.1) is 0 Å². The largest absolute Gasteiger partial charge is 0.435 e. The monoisotopic (exact) mass is 559 g/mol. The van der Waals surface area contributed by atoms with Crippen LogP contribution in [0.15, 0.2) is 59.9 Å². The number of halogens is 2. The van der Waals surface area contributed by atoms with E-state index in [0.29, 0.717) is 30.4 Å². The van der Waals surface area contributed by atoms with Gasteiger partial charge in [-0.2, -0.15) is 8.78 Å². The van der Waals surface area contributed by atoms with Crippen LogP contribution in [0.5, 0.6) is 0 Å². The number of alkyl halides is 2. The molecule has 0 N–H and O–H groups in total. The second kappa shape index (κ2) is 13.6. The molecule has 3 nitrogen and oxygen atoms in total. The molecule has 0 aromatic heterocycles. The van der Waals surface area contributed by atoms with Gasteiger partial charge in [-0.3, -0.25) is 4.79 Å². The smallest absolute Gasteiger partial charge is 0.387 e. The fraction of sp³-hybridized carbons (Fsp3) is 0.559. The summed E-state index contributed by atoms with van der Waals surface area (Å²) in [5, 5.41) is -1.22. The Hall–Kier alpha value is -2.56. The van der Waals surface area contributed by atoms with Crippen LogP contribution in [0.4, 0.5) is 14.5 Å². The van der Waals surface area contributed by atoms with E-state index >= 15 is 0 Å². The number of hydrogen-bond acceptors (Lipinski definition) is 3. The van der Waals surface area contributed by atoms with Crippen LogP contribution in [0, 0.1) is 30.6 Å². The zero-order valence-electron chi connectivity index (χ0n) is 25.8. The minimum atomic E-state index is -2.97. The Morgan fingerprint density at radius 2 is 1.98 bits per heavy atom. The molecule has 1 fully saturated rings. The molecule has 0 spiro atoms. The van der Waals surface area contributed by atoms with Gasteiger partial charge < -0.3 is 9.64 Å². The summed E-state index contributed by atoms with van der Waals surface area (Å²) in [6.07, 6.45) is 8.62. The van der Waals surface area contributed by atoms with Gasteiger partial charge in [0.15, 0.2) is 5.78 Å². The Morgan fingerprint density at radius 1 is 1.29 bits per heavy atom. The number of ketones is 1. The molecule has 0 aliphatic heterocycles. The Morgan fingerprint density at radius 3 is 2.49 bits per heavy atom. The van der Waals surface area contributed by atoms with E-state index in [1.54, 1.807) is 13.0 Å². The molecule has 1 aromatic carbocycles. The highest BCUT2D eigenvalue weighted by Crippen LogP contribution is 2.51. The first kappa shape index (κ1) is 32.9. The summed E-state index contributed by atoms with van der Waals surface area (Å²) in [6.45, 7) is 13.0. The number of benzene rings is 1. The lowest BCUT2D eigenvalue weighted by molar-refractivity contribution is -0.120. The fourth-order valence-electron chi connectivity index (χ4n) is 7.42. The Kier molecular flexibility index (Phi) is 10.9. The zero-order valence-corrected chi connectivity index (χ0v) is 25.8. The van der Waals surface area contributed by atoms with Gasteiger partial charge in [0.1, 0.15) is 5.76 Å². The average molecular weight is 559 g/mol. The van der Waals surface area contributed by atoms with Crippen LogP contribution in [0.1, 0.15) is 77.8 Å². The number of carbonyl (C=O) groups excluding carboxylic acids is 1. The lowest BCUT2D eigenvalue weighted by Crippen LogP contribution is -2.40. The Bertz CT molecular complexity index is 1210. The number of ether oxygens (including phenoxy) is 1. The fourth-order valence-corrected chi connectivity index (χ4v) is 7.42. The molecule has 41 heavy (non-hydrogen) atoms. The second-order valence-electron chi connectivity index (χ2n) is 12.0. The van der Waals surface area contributed by atoms with Crippen molar-refractivity contribution in [1.82, 2.24) is 0 Å². The summed E-state index contributed by atoms with van der Waals surface area (Å²) in [4.78, 5) is 16.3. The molecule has 0 heterocycles. The van der Waals surface area contributed by atoms with Gasteiger partial charge >= 0.3 is 6.61 Å². The Labute approximate surface area is 249 Å². The van der Waals surface area contributed by atoms with Crippen molar-refractivity contribution in [2.24, 2.45) is 23.7 Å². The molecule has 1 aromatic rings. The molecule has 5 atom stereocenters. The lowest BCUT2D eigenvalue weighted by atomic mass is 9.47. The number of rotatable bonds is 12. The Balaban J connectivity index is 2.09. The van der Waals surface area contributed by atoms with Crippen LogP contribution < -0.4 is 4.90 Å². The lowest BCUT2D eigenvalue weighted by Gasteiger charge is -2.38. The third-order valence-corrected chi connectivity index (χ3v) is 9.20. The highest BCUT2D eigenvalue weighted by atomic mass is 19.3. The minimum absolute atomic E-state index is 0.110. The standard InChI is InChI=1S/C34H45B2F2NO2/c1-9-22(10-2)23-16-17-28(20(5)18-23)39(8)31-21(6)19-26(24(31)11-3)30-25(14-13-15-29(30)41-33(37)38)32(40)27(12-4)34(7,35)36/h9-10,15-18,21,24,26-27,31,33H,1,11-14,19H2,2-8H3/b22-10+. The average Bonchev–Trinajstić information content (AvgIpc) is 3.23. The topological polar surface area (TPSA) is 29.5 Å². The summed E-state index contributed by atoms with van der Waals surface area (Å²) in [5.74, 6) is -0.357. The minimum Gasteiger partial charge on any atom is -0.435 e. The highest BCUT2D eigenvalue weighted by Gasteiger charge is 2.47. The van der Waals surface area contributed by atoms with Crippen molar-refractivity contribution in [3.63, 3.8) is 0 Å². The summed E-state index contributed by atoms with van der Waals surface area (Å²) in [7, 11) is 14.6. The highest BCUT2D eigenvalue weighted by molar-refractivity contribution is 6.41. The summed E-state index contributed by atoms with van der Waals surface area (Å²) in [5.41, 5.74) is 5.68. The normalized spacial score (nSPS) is 24.3. The van der Waals surface area contributed by atoms with Crippen LogP contribution in [0.3, 0.4) is 0 Å². The van der Waals surface area contributed by atoms with Crippen molar-refractivity contribution in [2.45, 2.75) is 91.5 Å². The number of aryl methyl sites for hydroxylation is 1. The van der Waals surface area contributed by atoms with Crippen molar-refractivity contribution in [2.75, 3.05) is 11.9 Å². The van der Waals surface area contributed by atoms with E-state index in [1.165, 1.54) is 0 Å². The van der Waals surface area contributed by atoms with Crippen molar-refractivity contribution in [1.29, 1.82) is 0 Å². The maximum Gasteiger partial charge on any atom is 0.387 e. The molecule has 0 saturated heterocycles. The maximum atomic E-state index is 14.0. The third-order valence-electron chi connectivity index (χ3n) is 9.20. The van der Waals surface area contributed by atoms with Crippen LogP contribution in [-0.2, 0) is 9.53 Å². The van der Waals surface area contributed by atoms with Crippen LogP contribution in [0.2, 0.25) is 5.21 Å². The van der Waals surface area contributed by atoms with Gasteiger partial charge in [-0.25, -0.2) is 0 Å². The molecule has 7 heteroatoms. The number of carbonyl (C=O) groups is 1. The van der Waals surface area contributed by atoms with Gasteiger partial charge in [0.25, 0.3) is 0 Å². The van der Waals surface area contributed by atoms with Gasteiger partial charge in [-0.1, -0.05) is 64.1 Å². The number of allylic oxidation sites excluding steroid dienone is 6. The second-order valence-corrected chi connectivity index (χ2v) is 12.0. The van der Waals surface area contributed by atoms with E-state index in [0.717, 1.165) is 35.2 Å². The summed E-state index contributed by atoms with van der Waals surface area (Å²) in [6, 6.07) is 6.59. The van der Waals surface area contributed by atoms with Gasteiger partial charge in [0, 0.05) is 35.8 Å². The van der Waals surface area contributed by atoms with E-state index in [1.807, 2.05) is 26.0 Å². The molecule has 0 bridgehead atoms. The molecule has 2 aliphatic carbocycles. The molecule has 218 valence electrons. The van der Waals surface area contributed by atoms with Crippen molar-refractivity contribution in [3.05, 3.63) is 71.0 Å². The number of nitrogens with zero attached hydrogens (tertiary/aromatic N) is 1. The zero-order chi connectivity index (χ0) is 30.6. The molecule has 2 aliphatic rings. The molecular weight excluding hydrogens is 514 g/mol. The van der Waals surface area contributed by atoms with Crippen molar-refractivity contribution < 1.29 is 18.3 Å². The first-order chi connectivity index (χ1) is 19.3. The molecule has 4 radical (unpaired) electrons. The predicted octanol–water partition coefficient (Wildman–Crippen LogP) is 8.35. The van der Waals surface area contributed by atoms with Gasteiger partial charge in [0.2, 0.25) is 0 Å². The SMILES string of the molecule is [B]C([B])(C)C(CC)C(=O)C1=C(C2CC(C)C(N(C)c3ccc(/C(C=C)=C/C)cc3C)C2CC)C(OC(F)F)=CCC1. The van der Waals surface area contributed by atoms with E-state index in [2.05, 4.69) is 57.5 Å². The third kappa shape index (κ3) is 6.92. The van der Waals surface area contributed by atoms with Crippen molar-refractivity contribution in [3.8, 4) is 0 Å². The van der Waals surface area contributed by atoms with Crippen LogP contribution in [0.25, 0.3) is 5.57 Å². The first-order valence-corrected chi connectivity index (χ1v) is 14.9. The van der Waals surface area contributed by atoms with Gasteiger partial charge in [-0.05, 0) is 92.2 Å². The number of Topliss-reactive ketones (excluding diaryl/α,β-unsaturated/α-hetero) is 1. The van der Waals surface area contributed by atoms with E-state index < -0.39 is 17.7 Å². The number of hydrogen-bond donors (Lipinski definition) is 0. The quantitative estimate of drug-likeness (QED) is 0.191. The van der Waals surface area contributed by atoms with E-state index in [9.17, 15) is 13.6 Å². The van der Waals surface area contributed by atoms with Crippen LogP contribution in [-0.4, -0.2) is 41.2 Å². The first-order valence-electron chi connectivity index (χ1n) is 14.9. The number of anilines is 1. The molecule has 3 rings (SSSR count). The molecular formula is C34H45B2F2NO2. The predicted molar refractivity (Wildman–Crippen MR) is 168 cm³/mol. The molecule has 5 unspecified atom stereocenters. The maximum absolute atomic E-state index is 14.0. The van der Waals surface area contributed by atoms with Gasteiger partial charge in [0.05, 0.1) is 15.7 Å². The molecule has 0 amide bonds.